The second kappa shape index (κ2) is 3.92. The molecule has 0 bridgehead atoms. The van der Waals surface area contributed by atoms with Gasteiger partial charge >= 0.3 is 0 Å². The molecule has 0 nitrogen and oxygen atoms in total. The van der Waals surface area contributed by atoms with Gasteiger partial charge in [0, 0.05) is 0 Å². The van der Waals surface area contributed by atoms with E-state index in [-0.39, 0.29) is 0 Å². The average molecular weight is 164 g/mol. The van der Waals surface area contributed by atoms with Crippen molar-refractivity contribution in [2.75, 3.05) is 0 Å². The molecule has 0 radical (unpaired) electrons. The van der Waals surface area contributed by atoms with Crippen molar-refractivity contribution in [1.82, 2.24) is 0 Å². The Balaban J connectivity index is 3.02. The maximum atomic E-state index is 2.84. The molecule has 11 heavy (non-hydrogen) atoms. The first-order valence-electron chi connectivity index (χ1n) is 4.09. The molecule has 0 aliphatic heterocycles. The molecule has 1 atom stereocenters. The molecule has 1 aromatic carbocycles. The van der Waals surface area contributed by atoms with Crippen LogP contribution < -0.4 is 5.46 Å². The first-order chi connectivity index (χ1) is 5.25. The molecule has 0 saturated heterocycles. The molecule has 2 heteroatoms. The molecule has 0 aromatic heterocycles. The van der Waals surface area contributed by atoms with E-state index in [4.69, 9.17) is 0 Å². The van der Waals surface area contributed by atoms with Gasteiger partial charge in [-0.25, -0.2) is 0 Å². The molecular formula is C9H14BP. The molecule has 0 N–H and O–H groups in total. The van der Waals surface area contributed by atoms with Crippen LogP contribution in [0.5, 0.6) is 0 Å². The van der Waals surface area contributed by atoms with E-state index in [0.29, 0.717) is 6.43 Å². The summed E-state index contributed by atoms with van der Waals surface area (Å²) < 4.78 is 0. The first kappa shape index (κ1) is 8.81. The normalized spacial score (nSPS) is 9.73. The van der Waals surface area contributed by atoms with Gasteiger partial charge in [-0.2, -0.15) is 9.12 Å². The van der Waals surface area contributed by atoms with Crippen LogP contribution in [0.2, 0.25) is 6.82 Å². The van der Waals surface area contributed by atoms with E-state index in [9.17, 15) is 0 Å². The van der Waals surface area contributed by atoms with E-state index in [1.54, 1.807) is 0 Å². The fourth-order valence-corrected chi connectivity index (χ4v) is 1.63. The molecular weight excluding hydrogens is 150 g/mol. The maximum Gasteiger partial charge on any atom is 0.195 e. The Morgan fingerprint density at radius 1 is 1.36 bits per heavy atom. The zero-order valence-electron chi connectivity index (χ0n) is 7.17. The van der Waals surface area contributed by atoms with Crippen LogP contribution in [0.1, 0.15) is 12.5 Å². The summed E-state index contributed by atoms with van der Waals surface area (Å²) in [6, 6.07) is 8.62. The number of hydrogen-bond acceptors (Lipinski definition) is 0. The molecule has 0 aliphatic rings. The molecule has 1 unspecified atom stereocenters. The third-order valence-electron chi connectivity index (χ3n) is 1.93. The molecule has 0 heterocycles. The van der Waals surface area contributed by atoms with Crippen molar-refractivity contribution >= 4 is 21.0 Å². The van der Waals surface area contributed by atoms with Gasteiger partial charge < -0.3 is 0 Å². The van der Waals surface area contributed by atoms with Crippen LogP contribution in [-0.4, -0.2) is 6.43 Å². The summed E-state index contributed by atoms with van der Waals surface area (Å²) >= 11 is 0. The zero-order chi connectivity index (χ0) is 8.27. The summed E-state index contributed by atoms with van der Waals surface area (Å²) in [5.74, 6) is 0. The summed E-state index contributed by atoms with van der Waals surface area (Å²) in [5.41, 5.74) is 2.93. The summed E-state index contributed by atoms with van der Waals surface area (Å²) in [6.07, 6.45) is 1.71. The molecule has 0 spiro atoms. The van der Waals surface area contributed by atoms with Crippen LogP contribution in [0.25, 0.3) is 0 Å². The molecule has 1 rings (SSSR count). The summed E-state index contributed by atoms with van der Waals surface area (Å²) in [4.78, 5) is 0. The predicted molar refractivity (Wildman–Crippen MR) is 56.8 cm³/mol. The Hall–Kier alpha value is -0.285. The minimum atomic E-state index is 0.575. The summed E-state index contributed by atoms with van der Waals surface area (Å²) in [5, 5.41) is 0. The van der Waals surface area contributed by atoms with Crippen molar-refractivity contribution in [2.24, 2.45) is 0 Å². The highest BCUT2D eigenvalue weighted by Gasteiger charge is 2.05. The monoisotopic (exact) mass is 164 g/mol. The first-order valence-corrected chi connectivity index (χ1v) is 4.75. The highest BCUT2D eigenvalue weighted by atomic mass is 31.0. The second-order valence-corrected chi connectivity index (χ2v) is 3.84. The minimum absolute atomic E-state index is 0.575. The van der Waals surface area contributed by atoms with Crippen LogP contribution in [0.15, 0.2) is 24.3 Å². The molecule has 0 fully saturated rings. The van der Waals surface area contributed by atoms with Gasteiger partial charge in [0.05, 0.1) is 0 Å². The van der Waals surface area contributed by atoms with Crippen LogP contribution >= 0.6 is 9.12 Å². The van der Waals surface area contributed by atoms with E-state index in [1.165, 1.54) is 11.0 Å². The lowest BCUT2D eigenvalue weighted by Gasteiger charge is -2.07. The van der Waals surface area contributed by atoms with E-state index < -0.39 is 0 Å². The van der Waals surface area contributed by atoms with Crippen molar-refractivity contribution in [3.63, 3.8) is 0 Å². The third-order valence-corrected chi connectivity index (χ3v) is 2.29. The quantitative estimate of drug-likeness (QED) is 0.462. The van der Waals surface area contributed by atoms with Gasteiger partial charge in [0.15, 0.2) is 6.43 Å². The van der Waals surface area contributed by atoms with E-state index in [1.807, 2.05) is 0 Å². The Bertz CT molecular complexity index is 233. The molecule has 0 aliphatic carbocycles. The number of rotatable bonds is 2. The van der Waals surface area contributed by atoms with Crippen LogP contribution in [-0.2, 0) is 6.42 Å². The smallest absolute Gasteiger partial charge is 0.166 e. The zero-order valence-corrected chi connectivity index (χ0v) is 8.33. The second-order valence-electron chi connectivity index (χ2n) is 2.84. The van der Waals surface area contributed by atoms with E-state index >= 15 is 0 Å². The summed E-state index contributed by atoms with van der Waals surface area (Å²) in [6.45, 7) is 4.41. The minimum Gasteiger partial charge on any atom is -0.166 e. The molecule has 0 amide bonds. The van der Waals surface area contributed by atoms with Gasteiger partial charge in [0.25, 0.3) is 0 Å². The van der Waals surface area contributed by atoms with E-state index in [2.05, 4.69) is 47.1 Å². The summed E-state index contributed by atoms with van der Waals surface area (Å²) in [7, 11) is 2.84. The standard InChI is InChI=1S/C9H14BP/c1-3-8-6-4-5-7-9(8)10(2)11/h4-7H,3,11H2,1-2H3. The van der Waals surface area contributed by atoms with Crippen molar-refractivity contribution < 1.29 is 0 Å². The van der Waals surface area contributed by atoms with Gasteiger partial charge in [-0.1, -0.05) is 49.0 Å². The topological polar surface area (TPSA) is 0 Å². The van der Waals surface area contributed by atoms with Gasteiger partial charge in [0.1, 0.15) is 0 Å². The average Bonchev–Trinajstić information content (AvgIpc) is 2.04. The number of hydrogen-bond donors (Lipinski definition) is 0. The molecule has 58 valence electrons. The van der Waals surface area contributed by atoms with E-state index in [0.717, 1.165) is 6.42 Å². The van der Waals surface area contributed by atoms with Gasteiger partial charge in [-0.05, 0) is 6.42 Å². The number of benzene rings is 1. The highest BCUT2D eigenvalue weighted by molar-refractivity contribution is 7.64. The maximum absolute atomic E-state index is 2.84. The van der Waals surface area contributed by atoms with Crippen molar-refractivity contribution in [2.45, 2.75) is 20.2 Å². The fourth-order valence-electron chi connectivity index (χ4n) is 1.30. The highest BCUT2D eigenvalue weighted by Crippen LogP contribution is 2.02. The SMILES string of the molecule is CCc1ccccc1B(C)P. The van der Waals surface area contributed by atoms with Crippen LogP contribution in [0, 0.1) is 0 Å². The van der Waals surface area contributed by atoms with Crippen molar-refractivity contribution in [3.8, 4) is 0 Å². The number of aryl methyl sites for hydroxylation is 1. The van der Waals surface area contributed by atoms with Gasteiger partial charge in [-0.3, -0.25) is 0 Å². The Kier molecular flexibility index (Phi) is 3.14. The largest absolute Gasteiger partial charge is 0.195 e. The lowest BCUT2D eigenvalue weighted by atomic mass is 9.68. The molecule has 0 saturated carbocycles. The van der Waals surface area contributed by atoms with Gasteiger partial charge in [0.2, 0.25) is 0 Å². The fraction of sp³-hybridized carbons (Fsp3) is 0.333. The van der Waals surface area contributed by atoms with Crippen LogP contribution in [0.4, 0.5) is 0 Å². The lowest BCUT2D eigenvalue weighted by Crippen LogP contribution is -2.23. The Morgan fingerprint density at radius 2 is 2.00 bits per heavy atom. The molecule has 1 aromatic rings. The Labute approximate surface area is 71.6 Å². The van der Waals surface area contributed by atoms with Crippen molar-refractivity contribution in [1.29, 1.82) is 0 Å². The lowest BCUT2D eigenvalue weighted by molar-refractivity contribution is 1.15. The van der Waals surface area contributed by atoms with Crippen molar-refractivity contribution in [3.05, 3.63) is 29.8 Å². The third kappa shape index (κ3) is 2.07. The van der Waals surface area contributed by atoms with Crippen LogP contribution in [0.3, 0.4) is 0 Å². The van der Waals surface area contributed by atoms with Gasteiger partial charge in [-0.15, -0.1) is 0 Å². The predicted octanol–water partition coefficient (Wildman–Crippen LogP) is 1.95. The Morgan fingerprint density at radius 3 is 2.45 bits per heavy atom.